The van der Waals surface area contributed by atoms with Gasteiger partial charge in [-0.3, -0.25) is 9.59 Å². The Balaban J connectivity index is 1.50. The predicted molar refractivity (Wildman–Crippen MR) is 141 cm³/mol. The second-order valence-corrected chi connectivity index (χ2v) is 9.73. The quantitative estimate of drug-likeness (QED) is 0.518. The number of benzene rings is 2. The second kappa shape index (κ2) is 12.8. The summed E-state index contributed by atoms with van der Waals surface area (Å²) in [5.74, 6) is 1.16. The lowest BCUT2D eigenvalue weighted by atomic mass is 9.83. The van der Waals surface area contributed by atoms with E-state index in [1.807, 2.05) is 48.5 Å². The molecule has 2 saturated heterocycles. The van der Waals surface area contributed by atoms with Crippen molar-refractivity contribution in [2.24, 2.45) is 5.92 Å². The van der Waals surface area contributed by atoms with E-state index in [9.17, 15) is 9.59 Å². The van der Waals surface area contributed by atoms with Crippen molar-refractivity contribution in [1.29, 1.82) is 0 Å². The summed E-state index contributed by atoms with van der Waals surface area (Å²) in [5, 5.41) is 3.19. The molecule has 2 aliphatic rings. The molecule has 0 radical (unpaired) electrons. The minimum atomic E-state index is -0.392. The Labute approximate surface area is 214 Å². The molecule has 2 fully saturated rings. The van der Waals surface area contributed by atoms with Crippen LogP contribution in [-0.4, -0.2) is 57.1 Å². The maximum atomic E-state index is 13.5. The van der Waals surface area contributed by atoms with Crippen LogP contribution in [-0.2, 0) is 9.59 Å². The molecule has 7 heteroatoms. The van der Waals surface area contributed by atoms with Crippen molar-refractivity contribution in [2.75, 3.05) is 45.3 Å². The molecule has 36 heavy (non-hydrogen) atoms. The molecule has 0 bridgehead atoms. The second-order valence-electron chi connectivity index (χ2n) is 9.73. The van der Waals surface area contributed by atoms with Gasteiger partial charge in [-0.2, -0.15) is 0 Å². The number of rotatable bonds is 9. The maximum absolute atomic E-state index is 13.5. The lowest BCUT2D eigenvalue weighted by Crippen LogP contribution is -2.48. The van der Waals surface area contributed by atoms with Gasteiger partial charge in [-0.25, -0.2) is 0 Å². The van der Waals surface area contributed by atoms with E-state index in [-0.39, 0.29) is 17.7 Å². The zero-order chi connectivity index (χ0) is 25.3. The minimum Gasteiger partial charge on any atom is -0.497 e. The molecule has 194 valence electrons. The molecule has 0 aromatic heterocycles. The monoisotopic (exact) mass is 493 g/mol. The molecular formula is C29H39N3O4. The molecule has 0 saturated carbocycles. The van der Waals surface area contributed by atoms with E-state index in [0.717, 1.165) is 48.8 Å². The largest absolute Gasteiger partial charge is 0.497 e. The molecule has 0 spiro atoms. The van der Waals surface area contributed by atoms with Crippen LogP contribution in [0.3, 0.4) is 0 Å². The molecule has 2 aromatic carbocycles. The molecule has 2 amide bonds. The summed E-state index contributed by atoms with van der Waals surface area (Å²) in [7, 11) is 3.25. The zero-order valence-electron chi connectivity index (χ0n) is 21.6. The summed E-state index contributed by atoms with van der Waals surface area (Å²) < 4.78 is 10.6. The average Bonchev–Trinajstić information content (AvgIpc) is 3.20. The molecule has 2 aliphatic heterocycles. The first-order chi connectivity index (χ1) is 17.6. The average molecular weight is 494 g/mol. The first-order valence-electron chi connectivity index (χ1n) is 13.2. The van der Waals surface area contributed by atoms with Crippen LogP contribution in [0.5, 0.6) is 11.5 Å². The van der Waals surface area contributed by atoms with Crippen LogP contribution in [0.1, 0.15) is 56.6 Å². The molecular weight excluding hydrogens is 454 g/mol. The van der Waals surface area contributed by atoms with Gasteiger partial charge in [0.15, 0.2) is 0 Å². The molecule has 4 rings (SSSR count). The first-order valence-corrected chi connectivity index (χ1v) is 13.2. The van der Waals surface area contributed by atoms with Crippen LogP contribution in [0, 0.1) is 5.92 Å². The Morgan fingerprint density at radius 2 is 1.53 bits per heavy atom. The fourth-order valence-electron chi connectivity index (χ4n) is 5.40. The third kappa shape index (κ3) is 6.38. The van der Waals surface area contributed by atoms with Gasteiger partial charge in [-0.15, -0.1) is 0 Å². The number of carbonyl (C=O) groups excluding carboxylic acids is 2. The molecule has 2 aromatic rings. The van der Waals surface area contributed by atoms with Crippen LogP contribution in [0.25, 0.3) is 0 Å². The summed E-state index contributed by atoms with van der Waals surface area (Å²) in [6.45, 7) is 3.99. The number of hydrogen-bond acceptors (Lipinski definition) is 5. The van der Waals surface area contributed by atoms with Gasteiger partial charge < -0.3 is 24.6 Å². The number of nitrogens with one attached hydrogen (secondary N) is 1. The number of methoxy groups -OCH3 is 2. The minimum absolute atomic E-state index is 0.0118. The fraction of sp³-hybridized carbons (Fsp3) is 0.517. The van der Waals surface area contributed by atoms with E-state index < -0.39 is 6.04 Å². The smallest absolute Gasteiger partial charge is 0.227 e. The molecule has 7 nitrogen and oxygen atoms in total. The van der Waals surface area contributed by atoms with Gasteiger partial charge >= 0.3 is 0 Å². The lowest BCUT2D eigenvalue weighted by molar-refractivity contribution is -0.129. The van der Waals surface area contributed by atoms with Crippen LogP contribution in [0.15, 0.2) is 48.5 Å². The maximum Gasteiger partial charge on any atom is 0.227 e. The Bertz CT molecular complexity index is 985. The number of nitrogens with zero attached hydrogens (tertiary/aromatic N) is 2. The van der Waals surface area contributed by atoms with E-state index in [4.69, 9.17) is 9.47 Å². The molecule has 1 N–H and O–H groups in total. The third-order valence-electron chi connectivity index (χ3n) is 7.39. The Morgan fingerprint density at radius 1 is 0.917 bits per heavy atom. The molecule has 0 aliphatic carbocycles. The lowest BCUT2D eigenvalue weighted by Gasteiger charge is -2.41. The number of likely N-dealkylation sites (tertiary alicyclic amines) is 1. The van der Waals surface area contributed by atoms with Gasteiger partial charge in [0.05, 0.1) is 26.2 Å². The van der Waals surface area contributed by atoms with Crippen LogP contribution >= 0.6 is 0 Å². The standard InChI is InChI=1S/C29H39N3O4/c1-35-24-12-8-22(9-13-24)28-26(29(34)30-18-7-21-31-19-5-3-4-6-20-31)16-17-27(33)32(28)23-10-14-25(36-2)15-11-23/h8-15,26,28H,3-7,16-21H2,1-2H3,(H,30,34). The summed E-state index contributed by atoms with van der Waals surface area (Å²) in [6, 6.07) is 14.8. The van der Waals surface area contributed by atoms with E-state index >= 15 is 0 Å². The van der Waals surface area contributed by atoms with Crippen LogP contribution in [0.2, 0.25) is 0 Å². The first kappa shape index (κ1) is 26.0. The number of hydrogen-bond donors (Lipinski definition) is 1. The van der Waals surface area contributed by atoms with Gasteiger partial charge in [0, 0.05) is 18.7 Å². The van der Waals surface area contributed by atoms with Crippen molar-refractivity contribution in [3.63, 3.8) is 0 Å². The number of amides is 2. The summed E-state index contributed by atoms with van der Waals surface area (Å²) >= 11 is 0. The summed E-state index contributed by atoms with van der Waals surface area (Å²) in [5.41, 5.74) is 1.68. The highest BCUT2D eigenvalue weighted by Crippen LogP contribution is 2.41. The fourth-order valence-corrected chi connectivity index (χ4v) is 5.40. The van der Waals surface area contributed by atoms with Gasteiger partial charge in [0.1, 0.15) is 11.5 Å². The molecule has 2 heterocycles. The van der Waals surface area contributed by atoms with Crippen molar-refractivity contribution < 1.29 is 19.1 Å². The van der Waals surface area contributed by atoms with Crippen molar-refractivity contribution in [3.05, 3.63) is 54.1 Å². The highest BCUT2D eigenvalue weighted by atomic mass is 16.5. The van der Waals surface area contributed by atoms with Crippen LogP contribution < -0.4 is 19.7 Å². The van der Waals surface area contributed by atoms with Gasteiger partial charge in [-0.1, -0.05) is 25.0 Å². The number of carbonyl (C=O) groups is 2. The zero-order valence-corrected chi connectivity index (χ0v) is 21.6. The highest BCUT2D eigenvalue weighted by Gasteiger charge is 2.41. The SMILES string of the molecule is COc1ccc(C2C(C(=O)NCCCN3CCCCCC3)CCC(=O)N2c2ccc(OC)cc2)cc1. The van der Waals surface area contributed by atoms with Crippen molar-refractivity contribution in [1.82, 2.24) is 10.2 Å². The Hall–Kier alpha value is -3.06. The summed E-state index contributed by atoms with van der Waals surface area (Å²) in [6.07, 6.45) is 6.99. The van der Waals surface area contributed by atoms with Gasteiger partial charge in [-0.05, 0) is 87.3 Å². The summed E-state index contributed by atoms with van der Waals surface area (Å²) in [4.78, 5) is 31.0. The predicted octanol–water partition coefficient (Wildman–Crippen LogP) is 4.57. The van der Waals surface area contributed by atoms with E-state index in [0.29, 0.717) is 19.4 Å². The van der Waals surface area contributed by atoms with Gasteiger partial charge in [0.25, 0.3) is 0 Å². The highest BCUT2D eigenvalue weighted by molar-refractivity contribution is 5.97. The Kier molecular flexibility index (Phi) is 9.23. The van der Waals surface area contributed by atoms with E-state index in [2.05, 4.69) is 10.2 Å². The van der Waals surface area contributed by atoms with Crippen molar-refractivity contribution in [2.45, 2.75) is 51.0 Å². The van der Waals surface area contributed by atoms with E-state index in [1.165, 1.54) is 25.7 Å². The van der Waals surface area contributed by atoms with Gasteiger partial charge in [0.2, 0.25) is 11.8 Å². The normalized spacial score (nSPS) is 21.1. The number of ether oxygens (including phenoxy) is 2. The third-order valence-corrected chi connectivity index (χ3v) is 7.39. The van der Waals surface area contributed by atoms with Crippen LogP contribution in [0.4, 0.5) is 5.69 Å². The topological polar surface area (TPSA) is 71.1 Å². The van der Waals surface area contributed by atoms with Crippen molar-refractivity contribution >= 4 is 17.5 Å². The van der Waals surface area contributed by atoms with E-state index in [1.54, 1.807) is 19.1 Å². The Morgan fingerprint density at radius 3 is 2.14 bits per heavy atom. The number of piperidine rings is 1. The van der Waals surface area contributed by atoms with Crippen molar-refractivity contribution in [3.8, 4) is 11.5 Å². The number of anilines is 1. The molecule has 2 atom stereocenters. The molecule has 2 unspecified atom stereocenters.